The Labute approximate surface area is 178 Å². The average Bonchev–Trinajstić information content (AvgIpc) is 3.16. The Morgan fingerprint density at radius 2 is 1.90 bits per heavy atom. The number of nitrogens with one attached hydrogen (secondary N) is 1. The van der Waals surface area contributed by atoms with Crippen molar-refractivity contribution in [3.8, 4) is 5.75 Å². The summed E-state index contributed by atoms with van der Waals surface area (Å²) in [5.74, 6) is 2.28. The molecule has 29 heavy (non-hydrogen) atoms. The van der Waals surface area contributed by atoms with E-state index in [1.807, 2.05) is 35.9 Å². The Bertz CT molecular complexity index is 997. The topological polar surface area (TPSA) is 72.2 Å². The van der Waals surface area contributed by atoms with Gasteiger partial charge in [-0.25, -0.2) is 4.68 Å². The molecule has 2 heterocycles. The van der Waals surface area contributed by atoms with Gasteiger partial charge in [0.25, 0.3) is 0 Å². The van der Waals surface area contributed by atoms with E-state index < -0.39 is 0 Å². The molecule has 4 rings (SSSR count). The van der Waals surface area contributed by atoms with Crippen molar-refractivity contribution in [2.75, 3.05) is 18.5 Å². The van der Waals surface area contributed by atoms with Crippen molar-refractivity contribution in [3.05, 3.63) is 76.0 Å². The van der Waals surface area contributed by atoms with Crippen LogP contribution in [0.4, 0.5) is 5.95 Å². The standard InChI is InChI=1S/C22H23BrN4O2/c1-2-29-18-11-7-16(8-12-18)20-14-19(15-5-9-17(23)10-6-15)24-22-25-21(4-3-13-28)26-27(20)22/h5-12,14,20,28H,2-4,13H2,1H3,(H,24,25,26)/t20-/m1/s1. The van der Waals surface area contributed by atoms with Crippen LogP contribution in [0.1, 0.15) is 36.3 Å². The molecule has 0 aliphatic carbocycles. The Hall–Kier alpha value is -2.64. The molecule has 1 atom stereocenters. The second-order valence-corrected chi connectivity index (χ2v) is 7.70. The summed E-state index contributed by atoms with van der Waals surface area (Å²) in [5, 5.41) is 17.2. The highest BCUT2D eigenvalue weighted by Gasteiger charge is 2.25. The van der Waals surface area contributed by atoms with Crippen LogP contribution in [0.2, 0.25) is 0 Å². The number of benzene rings is 2. The second kappa shape index (κ2) is 8.80. The minimum Gasteiger partial charge on any atom is -0.494 e. The first-order chi connectivity index (χ1) is 14.2. The fraction of sp³-hybridized carbons (Fsp3) is 0.273. The van der Waals surface area contributed by atoms with Crippen LogP contribution in [0, 0.1) is 0 Å². The molecule has 3 aromatic rings. The van der Waals surface area contributed by atoms with E-state index in [2.05, 4.69) is 56.6 Å². The number of aliphatic hydroxyl groups excluding tert-OH is 1. The molecule has 0 radical (unpaired) electrons. The zero-order valence-electron chi connectivity index (χ0n) is 16.2. The van der Waals surface area contributed by atoms with E-state index >= 15 is 0 Å². The van der Waals surface area contributed by atoms with Crippen LogP contribution in [0.15, 0.2) is 59.1 Å². The van der Waals surface area contributed by atoms with Gasteiger partial charge < -0.3 is 15.2 Å². The van der Waals surface area contributed by atoms with Crippen LogP contribution in [0.3, 0.4) is 0 Å². The van der Waals surface area contributed by atoms with E-state index in [0.29, 0.717) is 25.4 Å². The summed E-state index contributed by atoms with van der Waals surface area (Å²) in [7, 11) is 0. The molecule has 0 fully saturated rings. The molecule has 1 aromatic heterocycles. The number of hydrogen-bond donors (Lipinski definition) is 2. The third-order valence-electron chi connectivity index (χ3n) is 4.76. The largest absolute Gasteiger partial charge is 0.494 e. The molecule has 150 valence electrons. The smallest absolute Gasteiger partial charge is 0.226 e. The number of aryl methyl sites for hydroxylation is 1. The van der Waals surface area contributed by atoms with Crippen LogP contribution in [0.25, 0.3) is 5.70 Å². The van der Waals surface area contributed by atoms with Gasteiger partial charge in [-0.15, -0.1) is 0 Å². The Kier molecular flexibility index (Phi) is 5.97. The van der Waals surface area contributed by atoms with Crippen molar-refractivity contribution in [3.63, 3.8) is 0 Å². The van der Waals surface area contributed by atoms with Crippen molar-refractivity contribution in [2.24, 2.45) is 0 Å². The maximum Gasteiger partial charge on any atom is 0.226 e. The van der Waals surface area contributed by atoms with Gasteiger partial charge in [0.15, 0.2) is 5.82 Å². The highest BCUT2D eigenvalue weighted by atomic mass is 79.9. The number of aliphatic hydroxyl groups is 1. The molecule has 0 saturated carbocycles. The molecule has 0 saturated heterocycles. The molecule has 1 aliphatic rings. The van der Waals surface area contributed by atoms with Crippen LogP contribution in [0.5, 0.6) is 5.75 Å². The van der Waals surface area contributed by atoms with Crippen molar-refractivity contribution in [1.82, 2.24) is 14.8 Å². The molecule has 1 aliphatic heterocycles. The summed E-state index contributed by atoms with van der Waals surface area (Å²) in [6.45, 7) is 2.74. The first kappa shape index (κ1) is 19.7. The highest BCUT2D eigenvalue weighted by molar-refractivity contribution is 9.10. The van der Waals surface area contributed by atoms with Gasteiger partial charge in [-0.1, -0.05) is 40.2 Å². The first-order valence-corrected chi connectivity index (χ1v) is 10.5. The van der Waals surface area contributed by atoms with Gasteiger partial charge in [-0.3, -0.25) is 0 Å². The molecule has 7 heteroatoms. The lowest BCUT2D eigenvalue weighted by Crippen LogP contribution is -2.20. The number of anilines is 1. The average molecular weight is 455 g/mol. The predicted molar refractivity (Wildman–Crippen MR) is 117 cm³/mol. The van der Waals surface area contributed by atoms with E-state index in [1.54, 1.807) is 0 Å². The van der Waals surface area contributed by atoms with Gasteiger partial charge in [-0.2, -0.15) is 10.1 Å². The number of allylic oxidation sites excluding steroid dienone is 1. The molecular formula is C22H23BrN4O2. The Balaban J connectivity index is 1.72. The SMILES string of the molecule is CCOc1ccc([C@H]2C=C(c3ccc(Br)cc3)Nc3nc(CCCO)nn32)cc1. The first-order valence-electron chi connectivity index (χ1n) is 9.71. The van der Waals surface area contributed by atoms with Crippen molar-refractivity contribution in [2.45, 2.75) is 25.8 Å². The summed E-state index contributed by atoms with van der Waals surface area (Å²) in [4.78, 5) is 4.66. The van der Waals surface area contributed by atoms with Gasteiger partial charge in [0.05, 0.1) is 6.61 Å². The second-order valence-electron chi connectivity index (χ2n) is 6.78. The summed E-state index contributed by atoms with van der Waals surface area (Å²) in [6, 6.07) is 16.2. The minimum atomic E-state index is -0.0871. The van der Waals surface area contributed by atoms with Crippen molar-refractivity contribution in [1.29, 1.82) is 0 Å². The molecule has 0 amide bonds. The van der Waals surface area contributed by atoms with E-state index in [-0.39, 0.29) is 12.6 Å². The van der Waals surface area contributed by atoms with Crippen LogP contribution in [-0.2, 0) is 6.42 Å². The summed E-state index contributed by atoms with van der Waals surface area (Å²) in [6.07, 6.45) is 3.45. The van der Waals surface area contributed by atoms with Gasteiger partial charge in [0.2, 0.25) is 5.95 Å². The molecular weight excluding hydrogens is 432 g/mol. The van der Waals surface area contributed by atoms with Gasteiger partial charge in [0, 0.05) is 23.2 Å². The summed E-state index contributed by atoms with van der Waals surface area (Å²) in [5.41, 5.74) is 3.17. The monoisotopic (exact) mass is 454 g/mol. The van der Waals surface area contributed by atoms with Crippen LogP contribution >= 0.6 is 15.9 Å². The number of halogens is 1. The van der Waals surface area contributed by atoms with Gasteiger partial charge in [-0.05, 0) is 54.8 Å². The van der Waals surface area contributed by atoms with Crippen molar-refractivity contribution < 1.29 is 9.84 Å². The maximum atomic E-state index is 9.14. The number of hydrogen-bond acceptors (Lipinski definition) is 5. The summed E-state index contributed by atoms with van der Waals surface area (Å²) < 4.78 is 8.52. The molecule has 2 aromatic carbocycles. The lowest BCUT2D eigenvalue weighted by atomic mass is 10.0. The molecule has 0 spiro atoms. The molecule has 6 nitrogen and oxygen atoms in total. The Morgan fingerprint density at radius 1 is 1.14 bits per heavy atom. The zero-order chi connectivity index (χ0) is 20.2. The zero-order valence-corrected chi connectivity index (χ0v) is 17.8. The van der Waals surface area contributed by atoms with Crippen LogP contribution in [-0.4, -0.2) is 33.1 Å². The predicted octanol–water partition coefficient (Wildman–Crippen LogP) is 4.42. The third-order valence-corrected chi connectivity index (χ3v) is 5.28. The van der Waals surface area contributed by atoms with Crippen LogP contribution < -0.4 is 10.1 Å². The number of nitrogens with zero attached hydrogens (tertiary/aromatic N) is 3. The molecule has 2 N–H and O–H groups in total. The minimum absolute atomic E-state index is 0.0871. The summed E-state index contributed by atoms with van der Waals surface area (Å²) >= 11 is 3.49. The highest BCUT2D eigenvalue weighted by Crippen LogP contribution is 2.33. The molecule has 0 bridgehead atoms. The normalized spacial score (nSPS) is 15.4. The van der Waals surface area contributed by atoms with E-state index in [4.69, 9.17) is 14.9 Å². The fourth-order valence-electron chi connectivity index (χ4n) is 3.34. The van der Waals surface area contributed by atoms with E-state index in [9.17, 15) is 0 Å². The quantitative estimate of drug-likeness (QED) is 0.552. The van der Waals surface area contributed by atoms with Gasteiger partial charge >= 0.3 is 0 Å². The van der Waals surface area contributed by atoms with E-state index in [1.165, 1.54) is 0 Å². The number of fused-ring (bicyclic) bond motifs is 1. The lowest BCUT2D eigenvalue weighted by molar-refractivity contribution is 0.287. The number of rotatable bonds is 7. The van der Waals surface area contributed by atoms with Gasteiger partial charge in [0.1, 0.15) is 11.8 Å². The number of ether oxygens (including phenoxy) is 1. The van der Waals surface area contributed by atoms with E-state index in [0.717, 1.165) is 32.9 Å². The fourth-order valence-corrected chi connectivity index (χ4v) is 3.61. The number of aromatic nitrogens is 3. The Morgan fingerprint density at radius 3 is 2.59 bits per heavy atom. The lowest BCUT2D eigenvalue weighted by Gasteiger charge is -2.24. The van der Waals surface area contributed by atoms with Crippen molar-refractivity contribution >= 4 is 27.6 Å². The maximum absolute atomic E-state index is 9.14. The third kappa shape index (κ3) is 4.36. The molecule has 0 unspecified atom stereocenters.